The van der Waals surface area contributed by atoms with Crippen molar-refractivity contribution in [1.82, 2.24) is 4.57 Å². The van der Waals surface area contributed by atoms with Crippen LogP contribution in [0.2, 0.25) is 0 Å². The second-order valence-corrected chi connectivity index (χ2v) is 7.32. The van der Waals surface area contributed by atoms with Crippen molar-refractivity contribution >= 4 is 32.6 Å². The van der Waals surface area contributed by atoms with Gasteiger partial charge in [0.05, 0.1) is 11.0 Å². The summed E-state index contributed by atoms with van der Waals surface area (Å²) < 4.78 is 2.39. The second-order valence-electron chi connectivity index (χ2n) is 7.32. The average molecular weight is 335 g/mol. The lowest BCUT2D eigenvalue weighted by Crippen LogP contribution is -1.93. The van der Waals surface area contributed by atoms with Crippen LogP contribution < -0.4 is 0 Å². The maximum absolute atomic E-state index is 2.39. The van der Waals surface area contributed by atoms with Crippen LogP contribution in [-0.2, 0) is 0 Å². The first kappa shape index (κ1) is 15.2. The molecule has 1 heteroatoms. The van der Waals surface area contributed by atoms with Crippen molar-refractivity contribution in [3.63, 3.8) is 0 Å². The average Bonchev–Trinajstić information content (AvgIpc) is 2.99. The van der Waals surface area contributed by atoms with Crippen LogP contribution >= 0.6 is 0 Å². The SMILES string of the molecule is CC(C)c1ccc2c(c1)c1cc3ccccc3cc1n2-c1ccccc1. The Bertz CT molecular complexity index is 1240. The molecule has 0 saturated carbocycles. The molecule has 0 aliphatic carbocycles. The van der Waals surface area contributed by atoms with Crippen molar-refractivity contribution in [2.75, 3.05) is 0 Å². The molecule has 1 nitrogen and oxygen atoms in total. The predicted molar refractivity (Wildman–Crippen MR) is 112 cm³/mol. The zero-order valence-corrected chi connectivity index (χ0v) is 15.1. The predicted octanol–water partition coefficient (Wildman–Crippen LogP) is 7.06. The van der Waals surface area contributed by atoms with Gasteiger partial charge in [0.1, 0.15) is 0 Å². The normalized spacial score (nSPS) is 11.8. The third-order valence-corrected chi connectivity index (χ3v) is 5.34. The molecule has 0 atom stereocenters. The monoisotopic (exact) mass is 335 g/mol. The van der Waals surface area contributed by atoms with Gasteiger partial charge < -0.3 is 4.57 Å². The summed E-state index contributed by atoms with van der Waals surface area (Å²) in [5.74, 6) is 0.523. The fourth-order valence-electron chi connectivity index (χ4n) is 3.94. The largest absolute Gasteiger partial charge is 0.309 e. The highest BCUT2D eigenvalue weighted by molar-refractivity contribution is 6.13. The molecule has 0 amide bonds. The first-order chi connectivity index (χ1) is 12.7. The first-order valence-electron chi connectivity index (χ1n) is 9.24. The quantitative estimate of drug-likeness (QED) is 0.325. The van der Waals surface area contributed by atoms with Crippen molar-refractivity contribution in [2.45, 2.75) is 19.8 Å². The molecule has 5 rings (SSSR count). The fraction of sp³-hybridized carbons (Fsp3) is 0.120. The summed E-state index contributed by atoms with van der Waals surface area (Å²) in [6.07, 6.45) is 0. The van der Waals surface area contributed by atoms with Gasteiger partial charge in [-0.3, -0.25) is 0 Å². The third kappa shape index (κ3) is 2.24. The molecule has 5 aromatic rings. The van der Waals surface area contributed by atoms with E-state index in [4.69, 9.17) is 0 Å². The van der Waals surface area contributed by atoms with Crippen LogP contribution in [0.25, 0.3) is 38.3 Å². The number of aromatic nitrogens is 1. The lowest BCUT2D eigenvalue weighted by molar-refractivity contribution is 0.868. The van der Waals surface area contributed by atoms with Crippen LogP contribution in [0.4, 0.5) is 0 Å². The number of rotatable bonds is 2. The highest BCUT2D eigenvalue weighted by Crippen LogP contribution is 2.36. The van der Waals surface area contributed by atoms with Crippen molar-refractivity contribution in [1.29, 1.82) is 0 Å². The minimum Gasteiger partial charge on any atom is -0.309 e. The molecule has 0 N–H and O–H groups in total. The Morgan fingerprint density at radius 2 is 1.27 bits per heavy atom. The van der Waals surface area contributed by atoms with E-state index in [1.807, 2.05) is 0 Å². The molecular weight excluding hydrogens is 314 g/mol. The van der Waals surface area contributed by atoms with Crippen LogP contribution in [0.3, 0.4) is 0 Å². The summed E-state index contributed by atoms with van der Waals surface area (Å²) in [6.45, 7) is 4.51. The third-order valence-electron chi connectivity index (χ3n) is 5.34. The van der Waals surface area contributed by atoms with Crippen molar-refractivity contribution in [2.24, 2.45) is 0 Å². The highest BCUT2D eigenvalue weighted by Gasteiger charge is 2.14. The van der Waals surface area contributed by atoms with Crippen LogP contribution in [0.1, 0.15) is 25.3 Å². The molecule has 0 fully saturated rings. The molecule has 1 aromatic heterocycles. The van der Waals surface area contributed by atoms with E-state index < -0.39 is 0 Å². The van der Waals surface area contributed by atoms with Gasteiger partial charge in [0.25, 0.3) is 0 Å². The van der Waals surface area contributed by atoms with Crippen molar-refractivity contribution < 1.29 is 0 Å². The number of nitrogens with zero attached hydrogens (tertiary/aromatic N) is 1. The summed E-state index contributed by atoms with van der Waals surface area (Å²) >= 11 is 0. The van der Waals surface area contributed by atoms with Gasteiger partial charge in [-0.15, -0.1) is 0 Å². The Balaban J connectivity index is 1.98. The molecule has 0 radical (unpaired) electrons. The fourth-order valence-corrected chi connectivity index (χ4v) is 3.94. The Morgan fingerprint density at radius 1 is 0.615 bits per heavy atom. The van der Waals surface area contributed by atoms with Gasteiger partial charge in [-0.1, -0.05) is 62.4 Å². The minimum atomic E-state index is 0.523. The summed E-state index contributed by atoms with van der Waals surface area (Å²) in [5.41, 5.74) is 5.13. The van der Waals surface area contributed by atoms with Gasteiger partial charge in [-0.2, -0.15) is 0 Å². The van der Waals surface area contributed by atoms with Crippen molar-refractivity contribution in [3.8, 4) is 5.69 Å². The van der Waals surface area contributed by atoms with Crippen LogP contribution in [0, 0.1) is 0 Å². The number of benzene rings is 4. The summed E-state index contributed by atoms with van der Waals surface area (Å²) in [6, 6.07) is 30.9. The smallest absolute Gasteiger partial charge is 0.0547 e. The maximum Gasteiger partial charge on any atom is 0.0547 e. The van der Waals surface area contributed by atoms with E-state index in [-0.39, 0.29) is 0 Å². The summed E-state index contributed by atoms with van der Waals surface area (Å²) in [4.78, 5) is 0. The first-order valence-corrected chi connectivity index (χ1v) is 9.24. The molecular formula is C25H21N. The van der Waals surface area contributed by atoms with Crippen LogP contribution in [0.15, 0.2) is 84.9 Å². The molecule has 0 bridgehead atoms. The maximum atomic E-state index is 2.39. The van der Waals surface area contributed by atoms with E-state index in [9.17, 15) is 0 Å². The topological polar surface area (TPSA) is 4.93 Å². The Hall–Kier alpha value is -3.06. The molecule has 0 unspecified atom stereocenters. The van der Waals surface area contributed by atoms with Crippen LogP contribution in [-0.4, -0.2) is 4.57 Å². The molecule has 26 heavy (non-hydrogen) atoms. The molecule has 126 valence electrons. The molecule has 0 saturated heterocycles. The van der Waals surface area contributed by atoms with E-state index in [2.05, 4.69) is 103 Å². The molecule has 0 aliphatic rings. The summed E-state index contributed by atoms with van der Waals surface area (Å²) in [7, 11) is 0. The molecule has 1 heterocycles. The summed E-state index contributed by atoms with van der Waals surface area (Å²) in [5, 5.41) is 5.23. The molecule has 0 spiro atoms. The lowest BCUT2D eigenvalue weighted by atomic mass is 10.00. The van der Waals surface area contributed by atoms with Gasteiger partial charge in [-0.05, 0) is 58.7 Å². The standard InChI is InChI=1S/C25H21N/c1-17(2)18-12-13-24-22(14-18)23-15-19-8-6-7-9-20(19)16-25(23)26(24)21-10-4-3-5-11-21/h3-17H,1-2H3. The minimum absolute atomic E-state index is 0.523. The number of hydrogen-bond donors (Lipinski definition) is 0. The van der Waals surface area contributed by atoms with Gasteiger partial charge in [0, 0.05) is 16.5 Å². The Morgan fingerprint density at radius 3 is 2.00 bits per heavy atom. The zero-order valence-electron chi connectivity index (χ0n) is 15.1. The van der Waals surface area contributed by atoms with E-state index in [1.54, 1.807) is 0 Å². The number of fused-ring (bicyclic) bond motifs is 4. The number of hydrogen-bond acceptors (Lipinski definition) is 0. The highest BCUT2D eigenvalue weighted by atomic mass is 15.0. The van der Waals surface area contributed by atoms with E-state index in [0.717, 1.165) is 0 Å². The van der Waals surface area contributed by atoms with Crippen LogP contribution in [0.5, 0.6) is 0 Å². The lowest BCUT2D eigenvalue weighted by Gasteiger charge is -2.09. The number of para-hydroxylation sites is 1. The van der Waals surface area contributed by atoms with Gasteiger partial charge in [0.15, 0.2) is 0 Å². The van der Waals surface area contributed by atoms with E-state index >= 15 is 0 Å². The Labute approximate surface area is 153 Å². The second kappa shape index (κ2) is 5.74. The Kier molecular flexibility index (Phi) is 3.36. The van der Waals surface area contributed by atoms with Gasteiger partial charge in [-0.25, -0.2) is 0 Å². The van der Waals surface area contributed by atoms with Gasteiger partial charge in [0.2, 0.25) is 0 Å². The zero-order chi connectivity index (χ0) is 17.7. The van der Waals surface area contributed by atoms with E-state index in [1.165, 1.54) is 43.8 Å². The molecule has 4 aromatic carbocycles. The van der Waals surface area contributed by atoms with Crippen molar-refractivity contribution in [3.05, 3.63) is 90.5 Å². The van der Waals surface area contributed by atoms with E-state index in [0.29, 0.717) is 5.92 Å². The van der Waals surface area contributed by atoms with Gasteiger partial charge >= 0.3 is 0 Å². The molecule has 0 aliphatic heterocycles.